The zero-order valence-corrected chi connectivity index (χ0v) is 7.86. The lowest BCUT2D eigenvalue weighted by molar-refractivity contribution is -0.118. The first-order valence-corrected chi connectivity index (χ1v) is 4.21. The second kappa shape index (κ2) is 4.40. The summed E-state index contributed by atoms with van der Waals surface area (Å²) < 4.78 is 0. The second-order valence-electron chi connectivity index (χ2n) is 2.77. The molecule has 0 aliphatic rings. The van der Waals surface area contributed by atoms with Gasteiger partial charge in [0.15, 0.2) is 0 Å². The first kappa shape index (κ1) is 10.2. The van der Waals surface area contributed by atoms with E-state index in [1.54, 1.807) is 6.92 Å². The Kier molecular flexibility index (Phi) is 3.22. The number of nitrogens with two attached hydrogens (primary N) is 1. The maximum absolute atomic E-state index is 11.6. The van der Waals surface area contributed by atoms with Crippen molar-refractivity contribution >= 4 is 11.8 Å². The number of H-pyrrole nitrogens is 1. The van der Waals surface area contributed by atoms with Crippen molar-refractivity contribution in [2.24, 2.45) is 5.73 Å². The van der Waals surface area contributed by atoms with Gasteiger partial charge >= 0.3 is 0 Å². The smallest absolute Gasteiger partial charge is 0.257 e. The Hall–Kier alpha value is -1.85. The first-order chi connectivity index (χ1) is 6.65. The highest BCUT2D eigenvalue weighted by atomic mass is 16.2. The van der Waals surface area contributed by atoms with Crippen molar-refractivity contribution < 1.29 is 9.59 Å². The van der Waals surface area contributed by atoms with Crippen LogP contribution in [0.15, 0.2) is 12.4 Å². The topological polar surface area (TPSA) is 92.1 Å². The number of rotatable bonds is 4. The lowest BCUT2D eigenvalue weighted by Gasteiger charge is -2.17. The number of aromatic nitrogens is 2. The lowest BCUT2D eigenvalue weighted by atomic mass is 10.3. The minimum atomic E-state index is -0.524. The molecule has 0 atom stereocenters. The van der Waals surface area contributed by atoms with Crippen molar-refractivity contribution in [2.75, 3.05) is 13.1 Å². The van der Waals surface area contributed by atoms with Crippen LogP contribution in [0.4, 0.5) is 0 Å². The van der Waals surface area contributed by atoms with Crippen molar-refractivity contribution in [1.29, 1.82) is 0 Å². The molecule has 0 unspecified atom stereocenters. The number of likely N-dealkylation sites (N-methyl/N-ethyl adjacent to an activating group) is 1. The summed E-state index contributed by atoms with van der Waals surface area (Å²) in [6.45, 7) is 2.15. The number of amides is 2. The molecule has 3 N–H and O–H groups in total. The summed E-state index contributed by atoms with van der Waals surface area (Å²) in [5.41, 5.74) is 5.43. The number of hydrogen-bond donors (Lipinski definition) is 2. The summed E-state index contributed by atoms with van der Waals surface area (Å²) in [7, 11) is 0. The van der Waals surface area contributed by atoms with Gasteiger partial charge in [-0.1, -0.05) is 0 Å². The summed E-state index contributed by atoms with van der Waals surface area (Å²) in [5, 5.41) is 6.18. The summed E-state index contributed by atoms with van der Waals surface area (Å²) >= 11 is 0. The van der Waals surface area contributed by atoms with Crippen LogP contribution in [-0.2, 0) is 4.79 Å². The molecular formula is C8H12N4O2. The monoisotopic (exact) mass is 196 g/mol. The maximum atomic E-state index is 11.6. The van der Waals surface area contributed by atoms with E-state index in [1.807, 2.05) is 0 Å². The minimum Gasteiger partial charge on any atom is -0.368 e. The highest BCUT2D eigenvalue weighted by molar-refractivity contribution is 5.95. The average Bonchev–Trinajstić information content (AvgIpc) is 2.65. The molecule has 76 valence electrons. The van der Waals surface area contributed by atoms with Gasteiger partial charge in [0.05, 0.1) is 18.3 Å². The number of carbonyl (C=O) groups excluding carboxylic acids is 2. The predicted octanol–water partition coefficient (Wildman–Crippen LogP) is -0.643. The highest BCUT2D eigenvalue weighted by Crippen LogP contribution is 2.01. The summed E-state index contributed by atoms with van der Waals surface area (Å²) in [6, 6.07) is 0. The Bertz CT molecular complexity index is 320. The highest BCUT2D eigenvalue weighted by Gasteiger charge is 2.16. The van der Waals surface area contributed by atoms with Crippen LogP contribution in [0.5, 0.6) is 0 Å². The second-order valence-corrected chi connectivity index (χ2v) is 2.77. The van der Waals surface area contributed by atoms with Crippen LogP contribution in [0.25, 0.3) is 0 Å². The maximum Gasteiger partial charge on any atom is 0.257 e. The molecule has 6 heteroatoms. The van der Waals surface area contributed by atoms with Crippen LogP contribution >= 0.6 is 0 Å². The third-order valence-corrected chi connectivity index (χ3v) is 1.76. The molecule has 0 aromatic carbocycles. The van der Waals surface area contributed by atoms with E-state index in [1.165, 1.54) is 17.3 Å². The van der Waals surface area contributed by atoms with Gasteiger partial charge in [0, 0.05) is 12.7 Å². The Balaban J connectivity index is 2.70. The van der Waals surface area contributed by atoms with E-state index in [-0.39, 0.29) is 12.5 Å². The van der Waals surface area contributed by atoms with E-state index in [0.29, 0.717) is 12.1 Å². The fourth-order valence-corrected chi connectivity index (χ4v) is 1.07. The van der Waals surface area contributed by atoms with Crippen LogP contribution in [0.1, 0.15) is 17.3 Å². The quantitative estimate of drug-likeness (QED) is 0.670. The fraction of sp³-hybridized carbons (Fsp3) is 0.375. The predicted molar refractivity (Wildman–Crippen MR) is 49.4 cm³/mol. The van der Waals surface area contributed by atoms with E-state index in [0.717, 1.165) is 0 Å². The molecule has 0 aliphatic heterocycles. The molecule has 1 aromatic rings. The standard InChI is InChI=1S/C8H12N4O2/c1-2-12(5-7(9)13)8(14)6-3-10-11-4-6/h3-4H,2,5H2,1H3,(H2,9,13)(H,10,11). The zero-order valence-electron chi connectivity index (χ0n) is 7.86. The summed E-state index contributed by atoms with van der Waals surface area (Å²) in [4.78, 5) is 23.6. The van der Waals surface area contributed by atoms with Gasteiger partial charge in [-0.3, -0.25) is 14.7 Å². The van der Waals surface area contributed by atoms with Gasteiger partial charge in [-0.2, -0.15) is 5.10 Å². The van der Waals surface area contributed by atoms with E-state index < -0.39 is 5.91 Å². The van der Waals surface area contributed by atoms with E-state index in [9.17, 15) is 9.59 Å². The molecule has 6 nitrogen and oxygen atoms in total. The largest absolute Gasteiger partial charge is 0.368 e. The molecule has 0 bridgehead atoms. The van der Waals surface area contributed by atoms with Crippen molar-refractivity contribution in [1.82, 2.24) is 15.1 Å². The van der Waals surface area contributed by atoms with Gasteiger partial charge in [0.2, 0.25) is 5.91 Å². The Morgan fingerprint density at radius 1 is 1.64 bits per heavy atom. The third-order valence-electron chi connectivity index (χ3n) is 1.76. The molecular weight excluding hydrogens is 184 g/mol. The van der Waals surface area contributed by atoms with Gasteiger partial charge in [-0.25, -0.2) is 0 Å². The van der Waals surface area contributed by atoms with Crippen LogP contribution in [0.3, 0.4) is 0 Å². The minimum absolute atomic E-state index is 0.0689. The van der Waals surface area contributed by atoms with E-state index in [2.05, 4.69) is 10.2 Å². The molecule has 2 amide bonds. The first-order valence-electron chi connectivity index (χ1n) is 4.21. The number of nitrogens with zero attached hydrogens (tertiary/aromatic N) is 2. The van der Waals surface area contributed by atoms with Crippen LogP contribution in [0.2, 0.25) is 0 Å². The number of aromatic amines is 1. The van der Waals surface area contributed by atoms with Crippen molar-refractivity contribution in [3.8, 4) is 0 Å². The molecule has 0 fully saturated rings. The number of nitrogens with one attached hydrogen (secondary N) is 1. The summed E-state index contributed by atoms with van der Waals surface area (Å²) in [5.74, 6) is -0.774. The molecule has 1 rings (SSSR count). The molecule has 1 aromatic heterocycles. The van der Waals surface area contributed by atoms with E-state index >= 15 is 0 Å². The number of primary amides is 1. The van der Waals surface area contributed by atoms with Crippen molar-refractivity contribution in [2.45, 2.75) is 6.92 Å². The molecule has 0 saturated heterocycles. The third kappa shape index (κ3) is 2.32. The molecule has 0 radical (unpaired) electrons. The Morgan fingerprint density at radius 2 is 2.36 bits per heavy atom. The van der Waals surface area contributed by atoms with Crippen LogP contribution < -0.4 is 5.73 Å². The lowest BCUT2D eigenvalue weighted by Crippen LogP contribution is -2.38. The number of hydrogen-bond acceptors (Lipinski definition) is 3. The van der Waals surface area contributed by atoms with Gasteiger partial charge in [-0.15, -0.1) is 0 Å². The Labute approximate surface area is 81.1 Å². The summed E-state index contributed by atoms with van der Waals surface area (Å²) in [6.07, 6.45) is 2.89. The van der Waals surface area contributed by atoms with Crippen molar-refractivity contribution in [3.63, 3.8) is 0 Å². The van der Waals surface area contributed by atoms with Gasteiger partial charge in [0.1, 0.15) is 0 Å². The fourth-order valence-electron chi connectivity index (χ4n) is 1.07. The Morgan fingerprint density at radius 3 is 2.79 bits per heavy atom. The average molecular weight is 196 g/mol. The van der Waals surface area contributed by atoms with Crippen LogP contribution in [-0.4, -0.2) is 40.0 Å². The zero-order chi connectivity index (χ0) is 10.6. The van der Waals surface area contributed by atoms with Gasteiger partial charge in [-0.05, 0) is 6.92 Å². The molecule has 0 saturated carbocycles. The van der Waals surface area contributed by atoms with Gasteiger partial charge in [0.25, 0.3) is 5.91 Å². The SMILES string of the molecule is CCN(CC(N)=O)C(=O)c1cn[nH]c1. The molecule has 0 spiro atoms. The molecule has 14 heavy (non-hydrogen) atoms. The van der Waals surface area contributed by atoms with Gasteiger partial charge < -0.3 is 10.6 Å². The normalized spacial score (nSPS) is 9.79. The van der Waals surface area contributed by atoms with Crippen LogP contribution in [0, 0.1) is 0 Å². The molecule has 1 heterocycles. The molecule has 0 aliphatic carbocycles. The van der Waals surface area contributed by atoms with E-state index in [4.69, 9.17) is 5.73 Å². The van der Waals surface area contributed by atoms with Crippen molar-refractivity contribution in [3.05, 3.63) is 18.0 Å². The number of carbonyl (C=O) groups is 2.